The van der Waals surface area contributed by atoms with Gasteiger partial charge < -0.3 is 9.72 Å². The predicted molar refractivity (Wildman–Crippen MR) is 107 cm³/mol. The summed E-state index contributed by atoms with van der Waals surface area (Å²) in [5, 5.41) is 0.580. The van der Waals surface area contributed by atoms with Gasteiger partial charge in [0, 0.05) is 33.2 Å². The van der Waals surface area contributed by atoms with E-state index in [0.29, 0.717) is 5.25 Å². The molecular weight excluding hydrogens is 328 g/mol. The SMILES string of the molecule is COC1=CC(c2ccc(SC(C)C)cc2)=NC1=Cc1[nH]c(C)cc1C. The minimum atomic E-state index is 0.580. The number of methoxy groups -OCH3 is 1. The molecule has 1 aliphatic heterocycles. The van der Waals surface area contributed by atoms with Crippen molar-refractivity contribution < 1.29 is 4.74 Å². The molecule has 1 aliphatic rings. The molecule has 0 saturated carbocycles. The van der Waals surface area contributed by atoms with Crippen molar-refractivity contribution in [3.63, 3.8) is 0 Å². The maximum atomic E-state index is 5.53. The molecule has 3 rings (SSSR count). The van der Waals surface area contributed by atoms with Gasteiger partial charge in [0.15, 0.2) is 0 Å². The number of aromatic amines is 1. The third-order valence-corrected chi connectivity index (χ3v) is 4.99. The van der Waals surface area contributed by atoms with Gasteiger partial charge in [-0.2, -0.15) is 0 Å². The van der Waals surface area contributed by atoms with Gasteiger partial charge in [-0.05, 0) is 43.7 Å². The Bertz CT molecular complexity index is 855. The van der Waals surface area contributed by atoms with E-state index in [-0.39, 0.29) is 0 Å². The molecule has 0 radical (unpaired) electrons. The lowest BCUT2D eigenvalue weighted by molar-refractivity contribution is 0.303. The number of benzene rings is 1. The van der Waals surface area contributed by atoms with Gasteiger partial charge in [0.25, 0.3) is 0 Å². The summed E-state index contributed by atoms with van der Waals surface area (Å²) in [5.74, 6) is 0.794. The maximum absolute atomic E-state index is 5.53. The van der Waals surface area contributed by atoms with Crippen molar-refractivity contribution in [2.24, 2.45) is 4.99 Å². The van der Waals surface area contributed by atoms with E-state index < -0.39 is 0 Å². The number of aliphatic imine (C=N–C) groups is 1. The molecule has 0 bridgehead atoms. The lowest BCUT2D eigenvalue weighted by Crippen LogP contribution is -1.94. The number of rotatable bonds is 5. The van der Waals surface area contributed by atoms with Crippen molar-refractivity contribution in [3.8, 4) is 0 Å². The Morgan fingerprint density at radius 2 is 1.88 bits per heavy atom. The quantitative estimate of drug-likeness (QED) is 0.721. The summed E-state index contributed by atoms with van der Waals surface area (Å²) >= 11 is 1.87. The molecule has 0 fully saturated rings. The van der Waals surface area contributed by atoms with Crippen LogP contribution in [-0.4, -0.2) is 23.1 Å². The first kappa shape index (κ1) is 17.6. The highest BCUT2D eigenvalue weighted by Crippen LogP contribution is 2.28. The minimum absolute atomic E-state index is 0.580. The Morgan fingerprint density at radius 3 is 2.44 bits per heavy atom. The molecular formula is C21H24N2OS. The highest BCUT2D eigenvalue weighted by Gasteiger charge is 2.17. The van der Waals surface area contributed by atoms with Crippen LogP contribution in [-0.2, 0) is 4.74 Å². The van der Waals surface area contributed by atoms with Gasteiger partial charge in [-0.25, -0.2) is 4.99 Å². The van der Waals surface area contributed by atoms with Crippen LogP contribution in [0.3, 0.4) is 0 Å². The van der Waals surface area contributed by atoms with Crippen molar-refractivity contribution in [2.45, 2.75) is 37.8 Å². The van der Waals surface area contributed by atoms with Crippen LogP contribution >= 0.6 is 11.8 Å². The number of ether oxygens (including phenoxy) is 1. The average Bonchev–Trinajstić information content (AvgIpc) is 3.11. The number of hydrogen-bond acceptors (Lipinski definition) is 3. The predicted octanol–water partition coefficient (Wildman–Crippen LogP) is 5.51. The number of aryl methyl sites for hydroxylation is 2. The Labute approximate surface area is 153 Å². The van der Waals surface area contributed by atoms with Gasteiger partial charge in [-0.1, -0.05) is 26.0 Å². The van der Waals surface area contributed by atoms with Gasteiger partial charge in [0.1, 0.15) is 11.5 Å². The Hall–Kier alpha value is -2.20. The molecule has 2 aromatic rings. The summed E-state index contributed by atoms with van der Waals surface area (Å²) in [7, 11) is 1.69. The molecule has 0 atom stereocenters. The molecule has 130 valence electrons. The zero-order valence-corrected chi connectivity index (χ0v) is 16.2. The standard InChI is InChI=1S/C21H24N2OS/c1-13(2)25-17-8-6-16(7-9-17)19-12-21(24-5)20(23-19)11-18-14(3)10-15(4)22-18/h6-13,22H,1-5H3. The number of hydrogen-bond donors (Lipinski definition) is 1. The summed E-state index contributed by atoms with van der Waals surface area (Å²) in [6.07, 6.45) is 4.05. The largest absolute Gasteiger partial charge is 0.494 e. The average molecular weight is 353 g/mol. The summed E-state index contributed by atoms with van der Waals surface area (Å²) < 4.78 is 5.53. The first-order valence-corrected chi connectivity index (χ1v) is 9.34. The fraction of sp³-hybridized carbons (Fsp3) is 0.286. The van der Waals surface area contributed by atoms with Crippen molar-refractivity contribution in [1.29, 1.82) is 0 Å². The number of nitrogens with zero attached hydrogens (tertiary/aromatic N) is 1. The van der Waals surface area contributed by atoms with Gasteiger partial charge in [-0.3, -0.25) is 0 Å². The fourth-order valence-corrected chi connectivity index (χ4v) is 3.68. The van der Waals surface area contributed by atoms with Crippen molar-refractivity contribution in [3.05, 3.63) is 70.4 Å². The third kappa shape index (κ3) is 4.07. The van der Waals surface area contributed by atoms with Gasteiger partial charge in [-0.15, -0.1) is 11.8 Å². The van der Waals surface area contributed by atoms with Gasteiger partial charge in [0.2, 0.25) is 0 Å². The maximum Gasteiger partial charge on any atom is 0.146 e. The number of thioether (sulfide) groups is 1. The highest BCUT2D eigenvalue weighted by atomic mass is 32.2. The van der Waals surface area contributed by atoms with E-state index in [4.69, 9.17) is 9.73 Å². The van der Waals surface area contributed by atoms with E-state index in [1.54, 1.807) is 7.11 Å². The molecule has 25 heavy (non-hydrogen) atoms. The molecule has 1 aromatic heterocycles. The van der Waals surface area contributed by atoms with Crippen LogP contribution in [0.4, 0.5) is 0 Å². The lowest BCUT2D eigenvalue weighted by Gasteiger charge is -2.05. The number of H-pyrrole nitrogens is 1. The Balaban J connectivity index is 1.90. The van der Waals surface area contributed by atoms with Crippen molar-refractivity contribution >= 4 is 23.5 Å². The Morgan fingerprint density at radius 1 is 1.16 bits per heavy atom. The number of allylic oxidation sites excluding steroid dienone is 1. The van der Waals surface area contributed by atoms with Crippen LogP contribution in [0.5, 0.6) is 0 Å². The number of nitrogens with one attached hydrogen (secondary N) is 1. The van der Waals surface area contributed by atoms with Gasteiger partial charge >= 0.3 is 0 Å². The Kier molecular flexibility index (Phi) is 5.19. The molecule has 4 heteroatoms. The van der Waals surface area contributed by atoms with Gasteiger partial charge in [0.05, 0.1) is 12.8 Å². The zero-order valence-electron chi connectivity index (χ0n) is 15.4. The van der Waals surface area contributed by atoms with Crippen LogP contribution in [0.2, 0.25) is 0 Å². The van der Waals surface area contributed by atoms with E-state index in [2.05, 4.69) is 63.0 Å². The molecule has 2 heterocycles. The second kappa shape index (κ2) is 7.36. The van der Waals surface area contributed by atoms with E-state index >= 15 is 0 Å². The summed E-state index contributed by atoms with van der Waals surface area (Å²) in [4.78, 5) is 9.42. The van der Waals surface area contributed by atoms with E-state index in [1.807, 2.05) is 23.9 Å². The van der Waals surface area contributed by atoms with Crippen LogP contribution in [0.15, 0.2) is 57.8 Å². The molecule has 0 spiro atoms. The molecule has 0 aliphatic carbocycles. The normalized spacial score (nSPS) is 15.7. The molecule has 3 nitrogen and oxygen atoms in total. The van der Waals surface area contributed by atoms with Crippen molar-refractivity contribution in [2.75, 3.05) is 7.11 Å². The molecule has 1 N–H and O–H groups in total. The minimum Gasteiger partial charge on any atom is -0.494 e. The van der Waals surface area contributed by atoms with E-state index in [0.717, 1.165) is 34.1 Å². The molecule has 1 aromatic carbocycles. The molecule has 0 saturated heterocycles. The highest BCUT2D eigenvalue weighted by molar-refractivity contribution is 7.99. The monoisotopic (exact) mass is 352 g/mol. The second-order valence-electron chi connectivity index (χ2n) is 6.48. The van der Waals surface area contributed by atoms with E-state index in [1.165, 1.54) is 10.5 Å². The van der Waals surface area contributed by atoms with Crippen molar-refractivity contribution in [1.82, 2.24) is 4.98 Å². The topological polar surface area (TPSA) is 37.4 Å². The first-order chi connectivity index (χ1) is 12.0. The number of aromatic nitrogens is 1. The summed E-state index contributed by atoms with van der Waals surface area (Å²) in [5.41, 5.74) is 6.31. The molecule has 0 amide bonds. The van der Waals surface area contributed by atoms with Crippen LogP contribution in [0, 0.1) is 13.8 Å². The second-order valence-corrected chi connectivity index (χ2v) is 8.13. The smallest absolute Gasteiger partial charge is 0.146 e. The van der Waals surface area contributed by atoms with Crippen LogP contribution in [0.1, 0.15) is 36.4 Å². The van der Waals surface area contributed by atoms with E-state index in [9.17, 15) is 0 Å². The fourth-order valence-electron chi connectivity index (χ4n) is 2.84. The summed E-state index contributed by atoms with van der Waals surface area (Å²) in [6, 6.07) is 10.7. The van der Waals surface area contributed by atoms with Crippen LogP contribution in [0.25, 0.3) is 6.08 Å². The first-order valence-electron chi connectivity index (χ1n) is 8.46. The summed E-state index contributed by atoms with van der Waals surface area (Å²) in [6.45, 7) is 8.56. The molecule has 0 unspecified atom stereocenters. The van der Waals surface area contributed by atoms with Crippen LogP contribution < -0.4 is 0 Å². The lowest BCUT2D eigenvalue weighted by atomic mass is 10.1. The zero-order chi connectivity index (χ0) is 18.0. The third-order valence-electron chi connectivity index (χ3n) is 3.97.